The molecule has 0 unspecified atom stereocenters. The van der Waals surface area contributed by atoms with Gasteiger partial charge in [-0.15, -0.1) is 10.2 Å². The Morgan fingerprint density at radius 3 is 2.59 bits per heavy atom. The van der Waals surface area contributed by atoms with Gasteiger partial charge in [0.1, 0.15) is 0 Å². The molecule has 0 bridgehead atoms. The van der Waals surface area contributed by atoms with Gasteiger partial charge in [0.05, 0.1) is 16.6 Å². The Bertz CT molecular complexity index is 1210. The maximum absolute atomic E-state index is 12.7. The number of aromatic hydroxyl groups is 1. The number of aromatic nitrogens is 2. The average molecular weight is 358 g/mol. The van der Waals surface area contributed by atoms with Gasteiger partial charge >= 0.3 is 0 Å². The van der Waals surface area contributed by atoms with Crippen molar-refractivity contribution in [3.8, 4) is 5.88 Å². The smallest absolute Gasteiger partial charge is 0.296 e. The number of fused-ring (bicyclic) bond motifs is 2. The summed E-state index contributed by atoms with van der Waals surface area (Å²) in [6, 6.07) is 16.6. The largest absolute Gasteiger partial charge is 0.493 e. The highest BCUT2D eigenvalue weighted by atomic mass is 16.3. The number of azo groups is 1. The van der Waals surface area contributed by atoms with E-state index in [-0.39, 0.29) is 5.88 Å². The molecule has 0 aliphatic rings. The van der Waals surface area contributed by atoms with Gasteiger partial charge in [0.2, 0.25) is 5.88 Å². The Morgan fingerprint density at radius 2 is 1.81 bits per heavy atom. The summed E-state index contributed by atoms with van der Waals surface area (Å²) in [6.45, 7) is 4.36. The SMILES string of the molecule is CCn1c(O)c(N=NC(=O)c2cc(C)nc3ccccc23)c2ccccc21. The van der Waals surface area contributed by atoms with E-state index in [1.165, 1.54) is 0 Å². The molecule has 0 atom stereocenters. The Balaban J connectivity index is 1.80. The summed E-state index contributed by atoms with van der Waals surface area (Å²) in [7, 11) is 0. The third-order valence-electron chi connectivity index (χ3n) is 4.55. The van der Waals surface area contributed by atoms with Gasteiger partial charge < -0.3 is 9.67 Å². The number of hydrogen-bond acceptors (Lipinski definition) is 4. The Kier molecular flexibility index (Phi) is 4.16. The highest BCUT2D eigenvalue weighted by Crippen LogP contribution is 2.38. The van der Waals surface area contributed by atoms with Crippen molar-refractivity contribution >= 4 is 33.4 Å². The van der Waals surface area contributed by atoms with E-state index in [2.05, 4.69) is 15.2 Å². The van der Waals surface area contributed by atoms with Crippen molar-refractivity contribution in [1.82, 2.24) is 9.55 Å². The van der Waals surface area contributed by atoms with E-state index in [0.717, 1.165) is 27.5 Å². The van der Waals surface area contributed by atoms with Gasteiger partial charge in [-0.3, -0.25) is 9.78 Å². The molecule has 4 aromatic rings. The minimum absolute atomic E-state index is 0.00557. The van der Waals surface area contributed by atoms with Crippen molar-refractivity contribution in [3.63, 3.8) is 0 Å². The van der Waals surface area contributed by atoms with Crippen LogP contribution >= 0.6 is 0 Å². The zero-order valence-electron chi connectivity index (χ0n) is 15.0. The lowest BCUT2D eigenvalue weighted by molar-refractivity contribution is 0.0996. The second kappa shape index (κ2) is 6.64. The minimum atomic E-state index is -0.468. The van der Waals surface area contributed by atoms with Crippen LogP contribution in [0, 0.1) is 6.92 Å². The van der Waals surface area contributed by atoms with Gasteiger partial charge in [0.15, 0.2) is 5.69 Å². The predicted octanol–water partition coefficient (Wildman–Crippen LogP) is 5.15. The van der Waals surface area contributed by atoms with Crippen LogP contribution in [0.2, 0.25) is 0 Å². The first-order valence-electron chi connectivity index (χ1n) is 8.72. The molecule has 2 aromatic carbocycles. The van der Waals surface area contributed by atoms with E-state index in [9.17, 15) is 9.90 Å². The number of amides is 1. The van der Waals surface area contributed by atoms with Crippen molar-refractivity contribution in [1.29, 1.82) is 0 Å². The fraction of sp³-hybridized carbons (Fsp3) is 0.143. The number of pyridine rings is 1. The van der Waals surface area contributed by atoms with Gasteiger partial charge in [-0.2, -0.15) is 0 Å². The highest BCUT2D eigenvalue weighted by molar-refractivity contribution is 6.06. The number of carbonyl (C=O) groups is 1. The quantitative estimate of drug-likeness (QED) is 0.514. The molecule has 0 aliphatic heterocycles. The molecule has 134 valence electrons. The maximum atomic E-state index is 12.7. The van der Waals surface area contributed by atoms with Crippen LogP contribution in [0.25, 0.3) is 21.8 Å². The molecule has 0 spiro atoms. The Morgan fingerprint density at radius 1 is 1.11 bits per heavy atom. The molecule has 1 amide bonds. The van der Waals surface area contributed by atoms with E-state index in [1.54, 1.807) is 10.6 Å². The topological polar surface area (TPSA) is 79.8 Å². The summed E-state index contributed by atoms with van der Waals surface area (Å²) in [5.41, 5.74) is 3.07. The third kappa shape index (κ3) is 2.85. The lowest BCUT2D eigenvalue weighted by Gasteiger charge is -2.04. The zero-order valence-corrected chi connectivity index (χ0v) is 15.0. The molecule has 27 heavy (non-hydrogen) atoms. The first kappa shape index (κ1) is 16.9. The number of rotatable bonds is 3. The van der Waals surface area contributed by atoms with Gasteiger partial charge in [-0.1, -0.05) is 36.4 Å². The Labute approximate surface area is 155 Å². The highest BCUT2D eigenvalue weighted by Gasteiger charge is 2.16. The summed E-state index contributed by atoms with van der Waals surface area (Å²) < 4.78 is 1.74. The normalized spacial score (nSPS) is 11.6. The first-order valence-corrected chi connectivity index (χ1v) is 8.72. The number of aryl methyl sites for hydroxylation is 2. The lowest BCUT2D eigenvalue weighted by Crippen LogP contribution is -1.98. The van der Waals surface area contributed by atoms with Crippen LogP contribution in [0.4, 0.5) is 5.69 Å². The van der Waals surface area contributed by atoms with Crippen LogP contribution in [-0.2, 0) is 6.54 Å². The van der Waals surface area contributed by atoms with Crippen molar-refractivity contribution in [2.45, 2.75) is 20.4 Å². The van der Waals surface area contributed by atoms with Crippen LogP contribution in [0.15, 0.2) is 64.8 Å². The molecule has 1 N–H and O–H groups in total. The summed E-state index contributed by atoms with van der Waals surface area (Å²) in [5, 5.41) is 20.0. The molecule has 0 saturated heterocycles. The minimum Gasteiger partial charge on any atom is -0.493 e. The predicted molar refractivity (Wildman–Crippen MR) is 105 cm³/mol. The van der Waals surface area contributed by atoms with Gasteiger partial charge in [-0.05, 0) is 32.0 Å². The van der Waals surface area contributed by atoms with Crippen LogP contribution in [0.3, 0.4) is 0 Å². The van der Waals surface area contributed by atoms with Crippen LogP contribution in [0.1, 0.15) is 23.0 Å². The van der Waals surface area contributed by atoms with E-state index in [1.807, 2.05) is 62.4 Å². The fourth-order valence-corrected chi connectivity index (χ4v) is 3.32. The van der Waals surface area contributed by atoms with Crippen molar-refractivity contribution in [3.05, 3.63) is 65.9 Å². The molecule has 2 heterocycles. The number of hydrogen-bond donors (Lipinski definition) is 1. The van der Waals surface area contributed by atoms with Gasteiger partial charge in [0.25, 0.3) is 5.91 Å². The molecular formula is C21H18N4O2. The first-order chi connectivity index (χ1) is 13.1. The average Bonchev–Trinajstić information content (AvgIpc) is 2.96. The summed E-state index contributed by atoms with van der Waals surface area (Å²) in [6.07, 6.45) is 0. The monoisotopic (exact) mass is 358 g/mol. The van der Waals surface area contributed by atoms with Gasteiger partial charge in [0, 0.05) is 23.0 Å². The second-order valence-electron chi connectivity index (χ2n) is 6.27. The van der Waals surface area contributed by atoms with Crippen molar-refractivity contribution in [2.75, 3.05) is 0 Å². The van der Waals surface area contributed by atoms with Crippen LogP contribution in [-0.4, -0.2) is 20.6 Å². The van der Waals surface area contributed by atoms with E-state index in [0.29, 0.717) is 17.8 Å². The molecule has 0 radical (unpaired) electrons. The standard InChI is InChI=1S/C21H18N4O2/c1-3-25-18-11-7-5-9-15(18)19(21(25)27)23-24-20(26)16-12-13(2)22-17-10-6-4-8-14(16)17/h4-12,27H,3H2,1-2H3. The van der Waals surface area contributed by atoms with Crippen LogP contribution in [0.5, 0.6) is 5.88 Å². The van der Waals surface area contributed by atoms with Crippen molar-refractivity contribution in [2.24, 2.45) is 10.2 Å². The number of carbonyl (C=O) groups excluding carboxylic acids is 1. The zero-order chi connectivity index (χ0) is 19.0. The second-order valence-corrected chi connectivity index (χ2v) is 6.27. The number of para-hydroxylation sites is 2. The molecule has 4 rings (SSSR count). The summed E-state index contributed by atoms with van der Waals surface area (Å²) in [4.78, 5) is 17.2. The molecule has 0 fully saturated rings. The summed E-state index contributed by atoms with van der Waals surface area (Å²) >= 11 is 0. The van der Waals surface area contributed by atoms with Crippen LogP contribution < -0.4 is 0 Å². The fourth-order valence-electron chi connectivity index (χ4n) is 3.32. The molecule has 0 saturated carbocycles. The van der Waals surface area contributed by atoms with E-state index >= 15 is 0 Å². The lowest BCUT2D eigenvalue weighted by atomic mass is 10.1. The number of benzene rings is 2. The molecule has 0 aliphatic carbocycles. The molecular weight excluding hydrogens is 340 g/mol. The van der Waals surface area contributed by atoms with Gasteiger partial charge in [-0.25, -0.2) is 0 Å². The molecule has 2 aromatic heterocycles. The number of nitrogens with zero attached hydrogens (tertiary/aromatic N) is 4. The van der Waals surface area contributed by atoms with E-state index in [4.69, 9.17) is 0 Å². The molecule has 6 heteroatoms. The third-order valence-corrected chi connectivity index (χ3v) is 4.55. The summed E-state index contributed by atoms with van der Waals surface area (Å²) in [5.74, 6) is -0.463. The molecule has 6 nitrogen and oxygen atoms in total. The maximum Gasteiger partial charge on any atom is 0.296 e. The van der Waals surface area contributed by atoms with Crippen molar-refractivity contribution < 1.29 is 9.90 Å². The van der Waals surface area contributed by atoms with E-state index < -0.39 is 5.91 Å². The Hall–Kier alpha value is -3.54.